The fraction of sp³-hybridized carbons (Fsp3) is 0.933. The zero-order valence-electron chi connectivity index (χ0n) is 12.4. The van der Waals surface area contributed by atoms with E-state index in [0.29, 0.717) is 6.04 Å². The molecule has 1 aliphatic heterocycles. The maximum absolute atomic E-state index is 12.0. The number of piperidine rings is 1. The van der Waals surface area contributed by atoms with E-state index >= 15 is 0 Å². The van der Waals surface area contributed by atoms with Crippen molar-refractivity contribution < 1.29 is 4.79 Å². The lowest BCUT2D eigenvalue weighted by Gasteiger charge is -2.33. The van der Waals surface area contributed by atoms with Crippen LogP contribution in [0.4, 0.5) is 0 Å². The Morgan fingerprint density at radius 2 is 1.89 bits per heavy atom. The minimum atomic E-state index is 0.256. The Bertz CT molecular complexity index is 233. The molecular formula is C15H30N2O. The Balaban J connectivity index is 2.12. The minimum Gasteiger partial charge on any atom is -0.356 e. The molecular weight excluding hydrogens is 224 g/mol. The average molecular weight is 254 g/mol. The largest absolute Gasteiger partial charge is 0.356 e. The molecule has 0 saturated carbocycles. The molecule has 1 saturated heterocycles. The third-order valence-corrected chi connectivity index (χ3v) is 3.96. The molecule has 0 aromatic rings. The SMILES string of the molecule is CCCCCCNC(=O)C1CCN(C(C)C)CC1. The van der Waals surface area contributed by atoms with E-state index in [9.17, 15) is 4.79 Å². The lowest BCUT2D eigenvalue weighted by Crippen LogP contribution is -2.43. The van der Waals surface area contributed by atoms with E-state index in [4.69, 9.17) is 0 Å². The second-order valence-electron chi connectivity index (χ2n) is 5.76. The normalized spacial score (nSPS) is 18.2. The first kappa shape index (κ1) is 15.5. The third kappa shape index (κ3) is 5.38. The van der Waals surface area contributed by atoms with Crippen LogP contribution in [0.5, 0.6) is 0 Å². The Morgan fingerprint density at radius 3 is 2.44 bits per heavy atom. The van der Waals surface area contributed by atoms with Crippen LogP contribution in [0.3, 0.4) is 0 Å². The van der Waals surface area contributed by atoms with Crippen molar-refractivity contribution >= 4 is 5.91 Å². The van der Waals surface area contributed by atoms with Gasteiger partial charge in [-0.2, -0.15) is 0 Å². The van der Waals surface area contributed by atoms with Gasteiger partial charge in [0.05, 0.1) is 0 Å². The third-order valence-electron chi connectivity index (χ3n) is 3.96. The van der Waals surface area contributed by atoms with Gasteiger partial charge in [0.2, 0.25) is 5.91 Å². The molecule has 1 amide bonds. The highest BCUT2D eigenvalue weighted by Gasteiger charge is 2.25. The molecule has 3 heteroatoms. The Morgan fingerprint density at radius 1 is 1.22 bits per heavy atom. The van der Waals surface area contributed by atoms with Crippen molar-refractivity contribution in [2.45, 2.75) is 65.3 Å². The molecule has 0 unspecified atom stereocenters. The van der Waals surface area contributed by atoms with Gasteiger partial charge in [0.1, 0.15) is 0 Å². The standard InChI is InChI=1S/C15H30N2O/c1-4-5-6-7-10-16-15(18)14-8-11-17(12-9-14)13(2)3/h13-14H,4-12H2,1-3H3,(H,16,18). The van der Waals surface area contributed by atoms with Crippen LogP contribution in [0.15, 0.2) is 0 Å². The molecule has 0 aromatic heterocycles. The first-order valence-corrected chi connectivity index (χ1v) is 7.67. The molecule has 0 atom stereocenters. The molecule has 1 aliphatic rings. The molecule has 0 bridgehead atoms. The zero-order valence-corrected chi connectivity index (χ0v) is 12.4. The molecule has 0 radical (unpaired) electrons. The van der Waals surface area contributed by atoms with Gasteiger partial charge in [-0.25, -0.2) is 0 Å². The number of carbonyl (C=O) groups excluding carboxylic acids is 1. The average Bonchev–Trinajstić information content (AvgIpc) is 2.38. The van der Waals surface area contributed by atoms with E-state index in [1.807, 2.05) is 0 Å². The van der Waals surface area contributed by atoms with Gasteiger partial charge < -0.3 is 10.2 Å². The summed E-state index contributed by atoms with van der Waals surface area (Å²) >= 11 is 0. The van der Waals surface area contributed by atoms with Crippen LogP contribution < -0.4 is 5.32 Å². The summed E-state index contributed by atoms with van der Waals surface area (Å²) in [4.78, 5) is 14.4. The molecule has 0 aliphatic carbocycles. The number of nitrogens with one attached hydrogen (secondary N) is 1. The van der Waals surface area contributed by atoms with Crippen molar-refractivity contribution in [1.82, 2.24) is 10.2 Å². The highest BCUT2D eigenvalue weighted by Crippen LogP contribution is 2.18. The highest BCUT2D eigenvalue weighted by molar-refractivity contribution is 5.78. The van der Waals surface area contributed by atoms with Gasteiger partial charge in [-0.15, -0.1) is 0 Å². The van der Waals surface area contributed by atoms with E-state index in [2.05, 4.69) is 31.0 Å². The lowest BCUT2D eigenvalue weighted by atomic mass is 9.95. The fourth-order valence-electron chi connectivity index (χ4n) is 2.59. The van der Waals surface area contributed by atoms with Crippen LogP contribution >= 0.6 is 0 Å². The Hall–Kier alpha value is -0.570. The molecule has 1 rings (SSSR count). The first-order chi connectivity index (χ1) is 8.65. The van der Waals surface area contributed by atoms with Crippen molar-refractivity contribution in [2.75, 3.05) is 19.6 Å². The van der Waals surface area contributed by atoms with Gasteiger partial charge >= 0.3 is 0 Å². The molecule has 1 fully saturated rings. The second kappa shape index (κ2) is 8.52. The minimum absolute atomic E-state index is 0.256. The maximum atomic E-state index is 12.0. The second-order valence-corrected chi connectivity index (χ2v) is 5.76. The molecule has 0 aromatic carbocycles. The van der Waals surface area contributed by atoms with Gasteiger partial charge in [-0.05, 0) is 46.2 Å². The number of rotatable bonds is 7. The molecule has 106 valence electrons. The summed E-state index contributed by atoms with van der Waals surface area (Å²) in [6.45, 7) is 9.68. The summed E-state index contributed by atoms with van der Waals surface area (Å²) in [5, 5.41) is 3.10. The summed E-state index contributed by atoms with van der Waals surface area (Å²) in [5.41, 5.74) is 0. The quantitative estimate of drug-likeness (QED) is 0.709. The van der Waals surface area contributed by atoms with Crippen molar-refractivity contribution in [3.05, 3.63) is 0 Å². The van der Waals surface area contributed by atoms with Crippen LogP contribution in [-0.4, -0.2) is 36.5 Å². The predicted octanol–water partition coefficient (Wildman–Crippen LogP) is 2.80. The van der Waals surface area contributed by atoms with E-state index in [-0.39, 0.29) is 11.8 Å². The van der Waals surface area contributed by atoms with Gasteiger partial charge in [0, 0.05) is 18.5 Å². The summed E-state index contributed by atoms with van der Waals surface area (Å²) < 4.78 is 0. The predicted molar refractivity (Wildman–Crippen MR) is 76.6 cm³/mol. The molecule has 3 nitrogen and oxygen atoms in total. The van der Waals surface area contributed by atoms with Crippen LogP contribution in [0.1, 0.15) is 59.3 Å². The number of hydrogen-bond acceptors (Lipinski definition) is 2. The Kier molecular flexibility index (Phi) is 7.33. The zero-order chi connectivity index (χ0) is 13.4. The number of likely N-dealkylation sites (tertiary alicyclic amines) is 1. The Labute approximate surface area is 112 Å². The summed E-state index contributed by atoms with van der Waals surface area (Å²) in [5.74, 6) is 0.543. The summed E-state index contributed by atoms with van der Waals surface area (Å²) in [6.07, 6.45) is 6.95. The topological polar surface area (TPSA) is 32.3 Å². The van der Waals surface area contributed by atoms with E-state index < -0.39 is 0 Å². The van der Waals surface area contributed by atoms with E-state index in [1.54, 1.807) is 0 Å². The van der Waals surface area contributed by atoms with Crippen LogP contribution in [0, 0.1) is 5.92 Å². The van der Waals surface area contributed by atoms with Crippen LogP contribution in [-0.2, 0) is 4.79 Å². The van der Waals surface area contributed by atoms with E-state index in [1.165, 1.54) is 19.3 Å². The number of nitrogens with zero attached hydrogens (tertiary/aromatic N) is 1. The number of hydrogen-bond donors (Lipinski definition) is 1. The summed E-state index contributed by atoms with van der Waals surface area (Å²) in [6, 6.07) is 0.614. The smallest absolute Gasteiger partial charge is 0.223 e. The highest BCUT2D eigenvalue weighted by atomic mass is 16.1. The van der Waals surface area contributed by atoms with Crippen molar-refractivity contribution in [1.29, 1.82) is 0 Å². The van der Waals surface area contributed by atoms with Gasteiger partial charge in [0.15, 0.2) is 0 Å². The fourth-order valence-corrected chi connectivity index (χ4v) is 2.59. The van der Waals surface area contributed by atoms with Crippen molar-refractivity contribution in [2.24, 2.45) is 5.92 Å². The van der Waals surface area contributed by atoms with E-state index in [0.717, 1.165) is 38.9 Å². The van der Waals surface area contributed by atoms with Crippen molar-refractivity contribution in [3.63, 3.8) is 0 Å². The molecule has 18 heavy (non-hydrogen) atoms. The van der Waals surface area contributed by atoms with Crippen LogP contribution in [0.2, 0.25) is 0 Å². The van der Waals surface area contributed by atoms with Gasteiger partial charge in [0.25, 0.3) is 0 Å². The number of amides is 1. The van der Waals surface area contributed by atoms with Gasteiger partial charge in [-0.1, -0.05) is 26.2 Å². The number of carbonyl (C=O) groups is 1. The first-order valence-electron chi connectivity index (χ1n) is 7.67. The molecule has 1 heterocycles. The number of unbranched alkanes of at least 4 members (excludes halogenated alkanes) is 3. The summed E-state index contributed by atoms with van der Waals surface area (Å²) in [7, 11) is 0. The molecule has 1 N–H and O–H groups in total. The maximum Gasteiger partial charge on any atom is 0.223 e. The van der Waals surface area contributed by atoms with Gasteiger partial charge in [-0.3, -0.25) is 4.79 Å². The van der Waals surface area contributed by atoms with Crippen molar-refractivity contribution in [3.8, 4) is 0 Å². The van der Waals surface area contributed by atoms with Crippen LogP contribution in [0.25, 0.3) is 0 Å². The monoisotopic (exact) mass is 254 g/mol. The molecule has 0 spiro atoms. The lowest BCUT2D eigenvalue weighted by molar-refractivity contribution is -0.126.